The molecule has 0 radical (unpaired) electrons. The zero-order chi connectivity index (χ0) is 14.2. The lowest BCUT2D eigenvalue weighted by Gasteiger charge is -2.15. The van der Waals surface area contributed by atoms with Crippen molar-refractivity contribution in [2.75, 3.05) is 26.7 Å². The Labute approximate surface area is 120 Å². The maximum atomic E-state index is 12.6. The zero-order valence-corrected chi connectivity index (χ0v) is 12.6. The molecule has 3 rings (SSSR count). The van der Waals surface area contributed by atoms with Crippen LogP contribution in [0, 0.1) is 11.8 Å². The van der Waals surface area contributed by atoms with Crippen LogP contribution in [0.15, 0.2) is 17.3 Å². The lowest BCUT2D eigenvalue weighted by Crippen LogP contribution is -2.29. The minimum absolute atomic E-state index is 0.327. The number of sulfonamides is 1. The summed E-state index contributed by atoms with van der Waals surface area (Å²) in [4.78, 5) is 0.327. The van der Waals surface area contributed by atoms with E-state index in [1.54, 1.807) is 15.2 Å². The maximum absolute atomic E-state index is 12.6. The molecule has 6 nitrogen and oxygen atoms in total. The third-order valence-electron chi connectivity index (χ3n) is 4.53. The highest BCUT2D eigenvalue weighted by Gasteiger charge is 2.41. The molecule has 1 saturated carbocycles. The molecule has 2 unspecified atom stereocenters. The molecule has 2 heterocycles. The molecule has 7 heteroatoms. The van der Waals surface area contributed by atoms with Crippen LogP contribution in [-0.2, 0) is 16.6 Å². The standard InChI is InChI=1S/C13H22N4O2S/c1-14-5-6-16-10-13(7-15-16)20(18,19)17-8-11-3-2-4-12(11)9-17/h7,10-12,14H,2-6,8-9H2,1H3. The first-order valence-electron chi connectivity index (χ1n) is 7.28. The maximum Gasteiger partial charge on any atom is 0.246 e. The van der Waals surface area contributed by atoms with Gasteiger partial charge in [-0.2, -0.15) is 9.40 Å². The largest absolute Gasteiger partial charge is 0.318 e. The Bertz CT molecular complexity index is 557. The first-order valence-corrected chi connectivity index (χ1v) is 8.72. The van der Waals surface area contributed by atoms with Gasteiger partial charge < -0.3 is 5.32 Å². The molecule has 0 amide bonds. The van der Waals surface area contributed by atoms with Gasteiger partial charge in [-0.1, -0.05) is 6.42 Å². The third-order valence-corrected chi connectivity index (χ3v) is 6.32. The van der Waals surface area contributed by atoms with Gasteiger partial charge in [0.05, 0.1) is 12.7 Å². The van der Waals surface area contributed by atoms with Crippen LogP contribution in [0.4, 0.5) is 0 Å². The number of hydrogen-bond acceptors (Lipinski definition) is 4. The van der Waals surface area contributed by atoms with E-state index in [1.807, 2.05) is 7.05 Å². The molecule has 1 aliphatic carbocycles. The Morgan fingerprint density at radius 3 is 2.70 bits per heavy atom. The molecule has 20 heavy (non-hydrogen) atoms. The predicted molar refractivity (Wildman–Crippen MR) is 75.7 cm³/mol. The fourth-order valence-electron chi connectivity index (χ4n) is 3.36. The quantitative estimate of drug-likeness (QED) is 0.861. The van der Waals surface area contributed by atoms with Crippen molar-refractivity contribution in [2.45, 2.75) is 30.7 Å². The molecule has 1 aliphatic heterocycles. The molecular formula is C13H22N4O2S. The van der Waals surface area contributed by atoms with Gasteiger partial charge in [-0.25, -0.2) is 8.42 Å². The zero-order valence-electron chi connectivity index (χ0n) is 11.8. The molecule has 2 atom stereocenters. The summed E-state index contributed by atoms with van der Waals surface area (Å²) in [6, 6.07) is 0. The summed E-state index contributed by atoms with van der Waals surface area (Å²) in [6.45, 7) is 2.83. The van der Waals surface area contributed by atoms with E-state index in [0.29, 0.717) is 36.4 Å². The van der Waals surface area contributed by atoms with Gasteiger partial charge in [0.25, 0.3) is 0 Å². The van der Waals surface area contributed by atoms with Crippen molar-refractivity contribution in [1.29, 1.82) is 0 Å². The fourth-order valence-corrected chi connectivity index (χ4v) is 4.87. The average molecular weight is 298 g/mol. The molecule has 0 bridgehead atoms. The molecule has 0 spiro atoms. The van der Waals surface area contributed by atoms with E-state index in [2.05, 4.69) is 10.4 Å². The first-order chi connectivity index (χ1) is 9.61. The Balaban J connectivity index is 1.73. The van der Waals surface area contributed by atoms with Crippen LogP contribution in [0.2, 0.25) is 0 Å². The van der Waals surface area contributed by atoms with Crippen molar-refractivity contribution in [1.82, 2.24) is 19.4 Å². The minimum Gasteiger partial charge on any atom is -0.318 e. The van der Waals surface area contributed by atoms with Crippen molar-refractivity contribution in [3.63, 3.8) is 0 Å². The molecule has 1 saturated heterocycles. The molecule has 2 aliphatic rings. The second-order valence-electron chi connectivity index (χ2n) is 5.82. The average Bonchev–Trinajstić information content (AvgIpc) is 3.10. The fraction of sp³-hybridized carbons (Fsp3) is 0.769. The summed E-state index contributed by atoms with van der Waals surface area (Å²) in [5.74, 6) is 1.15. The molecule has 112 valence electrons. The first kappa shape index (κ1) is 14.0. The number of rotatable bonds is 5. The highest BCUT2D eigenvalue weighted by molar-refractivity contribution is 7.89. The Morgan fingerprint density at radius 2 is 2.05 bits per heavy atom. The third kappa shape index (κ3) is 2.49. The topological polar surface area (TPSA) is 67.2 Å². The second-order valence-corrected chi connectivity index (χ2v) is 7.75. The smallest absolute Gasteiger partial charge is 0.246 e. The summed E-state index contributed by atoms with van der Waals surface area (Å²) in [5, 5.41) is 7.16. The van der Waals surface area contributed by atoms with Gasteiger partial charge in [-0.3, -0.25) is 4.68 Å². The van der Waals surface area contributed by atoms with Crippen LogP contribution in [0.5, 0.6) is 0 Å². The SMILES string of the molecule is CNCCn1cc(S(=O)(=O)N2CC3CCCC3C2)cn1. The number of hydrogen-bond donors (Lipinski definition) is 1. The molecule has 0 aromatic carbocycles. The number of nitrogens with one attached hydrogen (secondary N) is 1. The Morgan fingerprint density at radius 1 is 1.35 bits per heavy atom. The van der Waals surface area contributed by atoms with E-state index in [-0.39, 0.29) is 0 Å². The Hall–Kier alpha value is -0.920. The van der Waals surface area contributed by atoms with Crippen molar-refractivity contribution in [2.24, 2.45) is 11.8 Å². The molecule has 1 N–H and O–H groups in total. The summed E-state index contributed by atoms with van der Waals surface area (Å²) in [5.41, 5.74) is 0. The van der Waals surface area contributed by atoms with E-state index >= 15 is 0 Å². The summed E-state index contributed by atoms with van der Waals surface area (Å²) in [6.07, 6.45) is 6.72. The number of aromatic nitrogens is 2. The van der Waals surface area contributed by atoms with Crippen LogP contribution in [0.3, 0.4) is 0 Å². The van der Waals surface area contributed by atoms with Crippen molar-refractivity contribution in [3.8, 4) is 0 Å². The van der Waals surface area contributed by atoms with E-state index < -0.39 is 10.0 Å². The van der Waals surface area contributed by atoms with Crippen molar-refractivity contribution in [3.05, 3.63) is 12.4 Å². The van der Waals surface area contributed by atoms with Crippen LogP contribution in [0.25, 0.3) is 0 Å². The van der Waals surface area contributed by atoms with Gasteiger partial charge in [-0.15, -0.1) is 0 Å². The molecule has 2 fully saturated rings. The van der Waals surface area contributed by atoms with Crippen molar-refractivity contribution >= 4 is 10.0 Å². The minimum atomic E-state index is -3.36. The van der Waals surface area contributed by atoms with Gasteiger partial charge in [0.1, 0.15) is 4.90 Å². The predicted octanol–water partition coefficient (Wildman–Crippen LogP) is 0.523. The van der Waals surface area contributed by atoms with E-state index in [4.69, 9.17) is 0 Å². The van der Waals surface area contributed by atoms with Gasteiger partial charge in [0, 0.05) is 25.8 Å². The number of fused-ring (bicyclic) bond motifs is 1. The monoisotopic (exact) mass is 298 g/mol. The van der Waals surface area contributed by atoms with E-state index in [9.17, 15) is 8.42 Å². The van der Waals surface area contributed by atoms with E-state index in [1.165, 1.54) is 25.5 Å². The van der Waals surface area contributed by atoms with Gasteiger partial charge in [0.2, 0.25) is 10.0 Å². The molecular weight excluding hydrogens is 276 g/mol. The highest BCUT2D eigenvalue weighted by Crippen LogP contribution is 2.39. The lowest BCUT2D eigenvalue weighted by molar-refractivity contribution is 0.445. The lowest BCUT2D eigenvalue weighted by atomic mass is 10.0. The van der Waals surface area contributed by atoms with Gasteiger partial charge >= 0.3 is 0 Å². The Kier molecular flexibility index (Phi) is 3.83. The van der Waals surface area contributed by atoms with Crippen LogP contribution in [-0.4, -0.2) is 49.2 Å². The normalized spacial score (nSPS) is 27.1. The van der Waals surface area contributed by atoms with Crippen LogP contribution < -0.4 is 5.32 Å². The van der Waals surface area contributed by atoms with Crippen LogP contribution >= 0.6 is 0 Å². The highest BCUT2D eigenvalue weighted by atomic mass is 32.2. The van der Waals surface area contributed by atoms with E-state index in [0.717, 1.165) is 6.54 Å². The number of nitrogens with zero attached hydrogens (tertiary/aromatic N) is 3. The second kappa shape index (κ2) is 5.46. The summed E-state index contributed by atoms with van der Waals surface area (Å²) < 4.78 is 28.6. The summed E-state index contributed by atoms with van der Waals surface area (Å²) in [7, 11) is -1.49. The molecule has 1 aromatic rings. The molecule has 1 aromatic heterocycles. The van der Waals surface area contributed by atoms with Gasteiger partial charge in [0.15, 0.2) is 0 Å². The van der Waals surface area contributed by atoms with Crippen molar-refractivity contribution < 1.29 is 8.42 Å². The van der Waals surface area contributed by atoms with Crippen LogP contribution in [0.1, 0.15) is 19.3 Å². The number of likely N-dealkylation sites (N-methyl/N-ethyl adjacent to an activating group) is 1. The van der Waals surface area contributed by atoms with Gasteiger partial charge in [-0.05, 0) is 31.7 Å². The summed E-state index contributed by atoms with van der Waals surface area (Å²) >= 11 is 0.